The second kappa shape index (κ2) is 15.1. The first-order chi connectivity index (χ1) is 23.3. The molecule has 244 valence electrons. The van der Waals surface area contributed by atoms with Gasteiger partial charge >= 0.3 is 0 Å². The summed E-state index contributed by atoms with van der Waals surface area (Å²) in [5.41, 5.74) is 8.96. The van der Waals surface area contributed by atoms with Crippen LogP contribution >= 0.6 is 11.3 Å². The lowest BCUT2D eigenvalue weighted by atomic mass is 9.86. The Kier molecular flexibility index (Phi) is 10.5. The van der Waals surface area contributed by atoms with Gasteiger partial charge in [-0.25, -0.2) is 0 Å². The number of ketones is 2. The molecule has 6 rings (SSSR count). The molecule has 1 fully saturated rings. The summed E-state index contributed by atoms with van der Waals surface area (Å²) in [7, 11) is 1.61. The number of thiophene rings is 1. The van der Waals surface area contributed by atoms with Gasteiger partial charge in [-0.05, 0) is 114 Å². The van der Waals surface area contributed by atoms with Gasteiger partial charge in [-0.3, -0.25) is 9.59 Å². The molecule has 2 aliphatic rings. The maximum atomic E-state index is 13.7. The average Bonchev–Trinajstić information content (AvgIpc) is 3.69. The first-order valence-electron chi connectivity index (χ1n) is 17.0. The van der Waals surface area contributed by atoms with Crippen molar-refractivity contribution in [2.75, 3.05) is 7.11 Å². The van der Waals surface area contributed by atoms with E-state index in [4.69, 9.17) is 4.74 Å². The van der Waals surface area contributed by atoms with Crippen LogP contribution in [0, 0.1) is 18.8 Å². The van der Waals surface area contributed by atoms with Crippen molar-refractivity contribution in [1.82, 2.24) is 0 Å². The van der Waals surface area contributed by atoms with Gasteiger partial charge in [0.25, 0.3) is 0 Å². The van der Waals surface area contributed by atoms with E-state index in [0.717, 1.165) is 71.2 Å². The van der Waals surface area contributed by atoms with Crippen LogP contribution in [0.3, 0.4) is 0 Å². The van der Waals surface area contributed by atoms with Crippen LogP contribution in [0.5, 0.6) is 5.75 Å². The van der Waals surface area contributed by atoms with E-state index in [1.54, 1.807) is 24.5 Å². The Labute approximate surface area is 289 Å². The summed E-state index contributed by atoms with van der Waals surface area (Å²) in [4.78, 5) is 28.8. The van der Waals surface area contributed by atoms with Crippen LogP contribution in [0.15, 0.2) is 116 Å². The summed E-state index contributed by atoms with van der Waals surface area (Å²) >= 11 is 1.65. The lowest BCUT2D eigenvalue weighted by Gasteiger charge is -2.18. The maximum absolute atomic E-state index is 13.7. The molecule has 1 saturated carbocycles. The summed E-state index contributed by atoms with van der Waals surface area (Å²) < 4.78 is 5.29. The van der Waals surface area contributed by atoms with E-state index in [1.165, 1.54) is 22.4 Å². The number of benzene rings is 3. The van der Waals surface area contributed by atoms with Crippen molar-refractivity contribution in [3.63, 3.8) is 0 Å². The molecule has 2 unspecified atom stereocenters. The number of carbonyl (C=O) groups excluding carboxylic acids is 2. The summed E-state index contributed by atoms with van der Waals surface area (Å²) in [6.07, 6.45) is 12.3. The number of ether oxygens (including phenoxy) is 1. The Balaban J connectivity index is 1.09. The average molecular weight is 653 g/mol. The summed E-state index contributed by atoms with van der Waals surface area (Å²) in [6.45, 7) is 10.7. The zero-order valence-corrected chi connectivity index (χ0v) is 28.9. The molecule has 0 radical (unpaired) electrons. The molecular weight excluding hydrogens is 609 g/mol. The predicted molar refractivity (Wildman–Crippen MR) is 200 cm³/mol. The normalized spacial score (nSPS) is 17.6. The molecule has 1 aromatic heterocycles. The molecule has 0 N–H and O–H groups in total. The molecule has 2 aliphatic carbocycles. The van der Waals surface area contributed by atoms with Gasteiger partial charge in [0, 0.05) is 27.3 Å². The zero-order valence-electron chi connectivity index (χ0n) is 28.1. The van der Waals surface area contributed by atoms with Crippen molar-refractivity contribution in [2.45, 2.75) is 58.3 Å². The van der Waals surface area contributed by atoms with Crippen LogP contribution in [-0.4, -0.2) is 18.7 Å². The minimum Gasteiger partial charge on any atom is -0.497 e. The molecule has 48 heavy (non-hydrogen) atoms. The van der Waals surface area contributed by atoms with E-state index in [1.807, 2.05) is 30.3 Å². The van der Waals surface area contributed by atoms with Crippen molar-refractivity contribution in [3.05, 3.63) is 153 Å². The van der Waals surface area contributed by atoms with E-state index in [0.29, 0.717) is 29.2 Å². The van der Waals surface area contributed by atoms with E-state index in [9.17, 15) is 9.59 Å². The van der Waals surface area contributed by atoms with E-state index < -0.39 is 0 Å². The first kappa shape index (κ1) is 33.4. The lowest BCUT2D eigenvalue weighted by molar-refractivity contribution is -0.111. The Morgan fingerprint density at radius 3 is 2.48 bits per heavy atom. The van der Waals surface area contributed by atoms with Gasteiger partial charge in [-0.1, -0.05) is 98.8 Å². The van der Waals surface area contributed by atoms with Crippen LogP contribution in [0.1, 0.15) is 80.9 Å². The Morgan fingerprint density at radius 1 is 0.875 bits per heavy atom. The SMILES string of the molecule is C=C(C(=O)C(=C)C1CCCC(Cc2ccccc2)CC1)c1cc(C)c(C2=CC(c3cccc(CC(=O)c4cccc(OC)c4)c3)=CC2)s1. The van der Waals surface area contributed by atoms with E-state index >= 15 is 0 Å². The van der Waals surface area contributed by atoms with Crippen LogP contribution in [-0.2, 0) is 17.6 Å². The third-order valence-electron chi connectivity index (χ3n) is 9.91. The van der Waals surface area contributed by atoms with Crippen LogP contribution < -0.4 is 4.74 Å². The number of aryl methyl sites for hydroxylation is 1. The smallest absolute Gasteiger partial charge is 0.189 e. The monoisotopic (exact) mass is 652 g/mol. The van der Waals surface area contributed by atoms with Crippen LogP contribution in [0.2, 0.25) is 0 Å². The van der Waals surface area contributed by atoms with Crippen LogP contribution in [0.4, 0.5) is 0 Å². The van der Waals surface area contributed by atoms with E-state index in [2.05, 4.69) is 80.8 Å². The van der Waals surface area contributed by atoms with Gasteiger partial charge in [-0.15, -0.1) is 11.3 Å². The van der Waals surface area contributed by atoms with Gasteiger partial charge < -0.3 is 4.74 Å². The number of carbonyl (C=O) groups is 2. The molecule has 0 amide bonds. The van der Waals surface area contributed by atoms with Gasteiger partial charge in [-0.2, -0.15) is 0 Å². The molecule has 1 heterocycles. The molecule has 0 saturated heterocycles. The first-order valence-corrected chi connectivity index (χ1v) is 17.9. The van der Waals surface area contributed by atoms with Gasteiger partial charge in [0.2, 0.25) is 0 Å². The predicted octanol–water partition coefficient (Wildman–Crippen LogP) is 10.9. The molecule has 2 atom stereocenters. The van der Waals surface area contributed by atoms with Crippen molar-refractivity contribution in [2.24, 2.45) is 11.8 Å². The second-order valence-corrected chi connectivity index (χ2v) is 14.3. The molecule has 3 aromatic carbocycles. The van der Waals surface area contributed by atoms with Gasteiger partial charge in [0.1, 0.15) is 5.75 Å². The molecule has 0 aliphatic heterocycles. The number of methoxy groups -OCH3 is 1. The number of hydrogen-bond acceptors (Lipinski definition) is 4. The summed E-state index contributed by atoms with van der Waals surface area (Å²) in [6, 6.07) is 28.4. The number of Topliss-reactive ketones (excluding diaryl/α,β-unsaturated/α-hetero) is 2. The number of rotatable bonds is 12. The topological polar surface area (TPSA) is 43.4 Å². The molecule has 0 spiro atoms. The zero-order chi connectivity index (χ0) is 33.6. The highest BCUT2D eigenvalue weighted by Gasteiger charge is 2.27. The summed E-state index contributed by atoms with van der Waals surface area (Å²) in [5, 5.41) is 0. The molecule has 4 heteroatoms. The quantitative estimate of drug-likeness (QED) is 0.0869. The van der Waals surface area contributed by atoms with Gasteiger partial charge in [0.05, 0.1) is 7.11 Å². The summed E-state index contributed by atoms with van der Waals surface area (Å²) in [5.74, 6) is 1.64. The Hall–Kier alpha value is -4.54. The Morgan fingerprint density at radius 2 is 1.67 bits per heavy atom. The molecule has 3 nitrogen and oxygen atoms in total. The molecule has 4 aromatic rings. The Bertz CT molecular complexity index is 1900. The van der Waals surface area contributed by atoms with E-state index in [-0.39, 0.29) is 17.5 Å². The highest BCUT2D eigenvalue weighted by atomic mass is 32.1. The van der Waals surface area contributed by atoms with Crippen molar-refractivity contribution >= 4 is 39.6 Å². The second-order valence-electron chi connectivity index (χ2n) is 13.3. The minimum absolute atomic E-state index is 0.00818. The third-order valence-corrected chi connectivity index (χ3v) is 11.3. The van der Waals surface area contributed by atoms with Crippen molar-refractivity contribution in [3.8, 4) is 5.75 Å². The molecule has 0 bridgehead atoms. The van der Waals surface area contributed by atoms with Crippen molar-refractivity contribution < 1.29 is 14.3 Å². The standard InChI is InChI=1S/C44H44O3S/c1-29-23-42(31(3)43(46)30(2)35-15-8-13-33(19-20-35)24-32-11-6-5-7-12-32)48-44(29)39-22-21-37(27-39)36-16-9-14-34(25-36)26-41(45)38-17-10-18-40(28-38)47-4/h5-7,9-12,14,16-18,21,23,25,27-28,33,35H,2-3,8,13,15,19-20,22,24,26H2,1,4H3. The molecular formula is C44H44O3S. The van der Waals surface area contributed by atoms with Crippen molar-refractivity contribution in [1.29, 1.82) is 0 Å². The lowest BCUT2D eigenvalue weighted by Crippen LogP contribution is -2.13. The van der Waals surface area contributed by atoms with Crippen LogP contribution in [0.25, 0.3) is 16.7 Å². The third kappa shape index (κ3) is 7.77. The fourth-order valence-electron chi connectivity index (χ4n) is 7.15. The van der Waals surface area contributed by atoms with Gasteiger partial charge in [0.15, 0.2) is 11.6 Å². The largest absolute Gasteiger partial charge is 0.497 e. The maximum Gasteiger partial charge on any atom is 0.189 e. The highest BCUT2D eigenvalue weighted by molar-refractivity contribution is 7.14. The highest BCUT2D eigenvalue weighted by Crippen LogP contribution is 2.41. The minimum atomic E-state index is 0.00818. The number of hydrogen-bond donors (Lipinski definition) is 0. The number of allylic oxidation sites excluding steroid dienone is 6. The fourth-order valence-corrected chi connectivity index (χ4v) is 8.31. The fraction of sp³-hybridized carbons (Fsp3) is 0.273.